The van der Waals surface area contributed by atoms with Crippen LogP contribution in [0.5, 0.6) is 17.2 Å². The van der Waals surface area contributed by atoms with Crippen LogP contribution in [0.15, 0.2) is 54.6 Å². The largest absolute Gasteiger partial charge is 0.497 e. The van der Waals surface area contributed by atoms with E-state index in [0.29, 0.717) is 12.4 Å². The summed E-state index contributed by atoms with van der Waals surface area (Å²) in [6.45, 7) is 2.72. The summed E-state index contributed by atoms with van der Waals surface area (Å²) in [5.41, 5.74) is 0.895. The van der Waals surface area contributed by atoms with E-state index in [1.54, 1.807) is 37.5 Å². The molecule has 23 heavy (non-hydrogen) atoms. The summed E-state index contributed by atoms with van der Waals surface area (Å²) in [7, 11) is 1.61. The second-order valence-corrected chi connectivity index (χ2v) is 4.85. The van der Waals surface area contributed by atoms with Gasteiger partial charge in [0.1, 0.15) is 17.2 Å². The third kappa shape index (κ3) is 5.51. The van der Waals surface area contributed by atoms with E-state index in [0.717, 1.165) is 23.5 Å². The molecule has 0 aliphatic carbocycles. The molecule has 2 aromatic rings. The van der Waals surface area contributed by atoms with Gasteiger partial charge in [-0.05, 0) is 54.5 Å². The molecule has 4 heteroatoms. The zero-order chi connectivity index (χ0) is 16.5. The highest BCUT2D eigenvalue weighted by Gasteiger charge is 2.01. The minimum absolute atomic E-state index is 0.428. The Morgan fingerprint density at radius 2 is 1.57 bits per heavy atom. The van der Waals surface area contributed by atoms with Gasteiger partial charge in [0, 0.05) is 6.08 Å². The highest BCUT2D eigenvalue weighted by atomic mass is 16.5. The van der Waals surface area contributed by atoms with Crippen molar-refractivity contribution in [3.63, 3.8) is 0 Å². The lowest BCUT2D eigenvalue weighted by atomic mass is 10.2. The molecule has 0 unspecified atom stereocenters. The highest BCUT2D eigenvalue weighted by Crippen LogP contribution is 2.18. The first-order valence-electron chi connectivity index (χ1n) is 7.48. The molecular formula is C19H20O4. The quantitative estimate of drug-likeness (QED) is 0.438. The van der Waals surface area contributed by atoms with Crippen molar-refractivity contribution in [3.8, 4) is 17.2 Å². The van der Waals surface area contributed by atoms with E-state index in [2.05, 4.69) is 0 Å². The highest BCUT2D eigenvalue weighted by molar-refractivity contribution is 5.88. The van der Waals surface area contributed by atoms with E-state index < -0.39 is 5.97 Å². The molecule has 0 aliphatic heterocycles. The molecule has 0 aliphatic rings. The van der Waals surface area contributed by atoms with Gasteiger partial charge in [0.15, 0.2) is 0 Å². The molecule has 2 aromatic carbocycles. The van der Waals surface area contributed by atoms with Crippen molar-refractivity contribution in [1.82, 2.24) is 0 Å². The fourth-order valence-corrected chi connectivity index (χ4v) is 1.85. The fraction of sp³-hybridized carbons (Fsp3) is 0.211. The third-order valence-electron chi connectivity index (χ3n) is 3.04. The zero-order valence-corrected chi connectivity index (χ0v) is 13.3. The molecule has 0 amide bonds. The Hall–Kier alpha value is -2.75. The molecule has 0 fully saturated rings. The fourth-order valence-electron chi connectivity index (χ4n) is 1.85. The van der Waals surface area contributed by atoms with Gasteiger partial charge in [-0.25, -0.2) is 4.79 Å². The number of carbonyl (C=O) groups excluding carboxylic acids is 1. The van der Waals surface area contributed by atoms with Gasteiger partial charge in [-0.3, -0.25) is 0 Å². The number of rotatable bonds is 7. The summed E-state index contributed by atoms with van der Waals surface area (Å²) in [5.74, 6) is 1.59. The second kappa shape index (κ2) is 8.63. The first-order chi connectivity index (χ1) is 11.2. The number of hydrogen-bond donors (Lipinski definition) is 0. The summed E-state index contributed by atoms with van der Waals surface area (Å²) in [5, 5.41) is 0. The van der Waals surface area contributed by atoms with Crippen LogP contribution in [0.2, 0.25) is 0 Å². The Kier molecular flexibility index (Phi) is 6.24. The normalized spacial score (nSPS) is 10.5. The molecule has 0 aromatic heterocycles. The predicted molar refractivity (Wildman–Crippen MR) is 89.9 cm³/mol. The zero-order valence-electron chi connectivity index (χ0n) is 13.3. The molecular weight excluding hydrogens is 292 g/mol. The van der Waals surface area contributed by atoms with Crippen molar-refractivity contribution >= 4 is 12.0 Å². The standard InChI is InChI=1S/C19H20O4/c1-3-14-22-17-9-11-18(12-10-17)23-19(20)13-6-15-4-7-16(21-2)8-5-15/h4-13H,3,14H2,1-2H3. The monoisotopic (exact) mass is 312 g/mol. The number of benzene rings is 2. The maximum atomic E-state index is 11.8. The SMILES string of the molecule is CCCOc1ccc(OC(=O)C=Cc2ccc(OC)cc2)cc1. The van der Waals surface area contributed by atoms with E-state index in [1.807, 2.05) is 31.2 Å². The van der Waals surface area contributed by atoms with Crippen molar-refractivity contribution < 1.29 is 19.0 Å². The minimum atomic E-state index is -0.428. The number of hydrogen-bond acceptors (Lipinski definition) is 4. The van der Waals surface area contributed by atoms with Crippen LogP contribution in [0.4, 0.5) is 0 Å². The minimum Gasteiger partial charge on any atom is -0.497 e. The molecule has 0 bridgehead atoms. The van der Waals surface area contributed by atoms with E-state index in [4.69, 9.17) is 14.2 Å². The maximum Gasteiger partial charge on any atom is 0.336 e. The van der Waals surface area contributed by atoms with Crippen molar-refractivity contribution in [3.05, 3.63) is 60.2 Å². The predicted octanol–water partition coefficient (Wildman–Crippen LogP) is 4.10. The van der Waals surface area contributed by atoms with Crippen LogP contribution in [0.25, 0.3) is 6.08 Å². The lowest BCUT2D eigenvalue weighted by Gasteiger charge is -2.05. The Labute approximate surface area is 136 Å². The van der Waals surface area contributed by atoms with Crippen LogP contribution in [0.3, 0.4) is 0 Å². The lowest BCUT2D eigenvalue weighted by Crippen LogP contribution is -2.03. The molecule has 0 radical (unpaired) electrons. The van der Waals surface area contributed by atoms with E-state index in [-0.39, 0.29) is 0 Å². The summed E-state index contributed by atoms with van der Waals surface area (Å²) in [6.07, 6.45) is 4.04. The first kappa shape index (κ1) is 16.6. The number of ether oxygens (including phenoxy) is 3. The average molecular weight is 312 g/mol. The van der Waals surface area contributed by atoms with Crippen molar-refractivity contribution in [2.24, 2.45) is 0 Å². The number of carbonyl (C=O) groups is 1. The number of methoxy groups -OCH3 is 1. The van der Waals surface area contributed by atoms with Crippen LogP contribution in [0.1, 0.15) is 18.9 Å². The smallest absolute Gasteiger partial charge is 0.336 e. The molecule has 0 spiro atoms. The Morgan fingerprint density at radius 3 is 2.17 bits per heavy atom. The van der Waals surface area contributed by atoms with Gasteiger partial charge in [-0.1, -0.05) is 19.1 Å². The summed E-state index contributed by atoms with van der Waals surface area (Å²) in [4.78, 5) is 11.8. The average Bonchev–Trinajstić information content (AvgIpc) is 2.60. The molecule has 0 saturated heterocycles. The van der Waals surface area contributed by atoms with Gasteiger partial charge < -0.3 is 14.2 Å². The topological polar surface area (TPSA) is 44.8 Å². The summed E-state index contributed by atoms with van der Waals surface area (Å²) < 4.78 is 15.8. The molecule has 4 nitrogen and oxygen atoms in total. The molecule has 2 rings (SSSR count). The van der Waals surface area contributed by atoms with Crippen LogP contribution in [-0.4, -0.2) is 19.7 Å². The van der Waals surface area contributed by atoms with Crippen molar-refractivity contribution in [1.29, 1.82) is 0 Å². The molecule has 0 atom stereocenters. The van der Waals surface area contributed by atoms with Crippen molar-refractivity contribution in [2.45, 2.75) is 13.3 Å². The molecule has 0 N–H and O–H groups in total. The third-order valence-corrected chi connectivity index (χ3v) is 3.04. The van der Waals surface area contributed by atoms with Crippen LogP contribution < -0.4 is 14.2 Å². The maximum absolute atomic E-state index is 11.8. The van der Waals surface area contributed by atoms with Gasteiger partial charge >= 0.3 is 5.97 Å². The summed E-state index contributed by atoms with van der Waals surface area (Å²) in [6, 6.07) is 14.4. The lowest BCUT2D eigenvalue weighted by molar-refractivity contribution is -0.128. The van der Waals surface area contributed by atoms with Gasteiger partial charge in [-0.2, -0.15) is 0 Å². The summed E-state index contributed by atoms with van der Waals surface area (Å²) >= 11 is 0. The Morgan fingerprint density at radius 1 is 0.957 bits per heavy atom. The van der Waals surface area contributed by atoms with E-state index in [9.17, 15) is 4.79 Å². The number of esters is 1. The second-order valence-electron chi connectivity index (χ2n) is 4.85. The van der Waals surface area contributed by atoms with Crippen LogP contribution >= 0.6 is 0 Å². The van der Waals surface area contributed by atoms with Crippen LogP contribution in [0, 0.1) is 0 Å². The van der Waals surface area contributed by atoms with Gasteiger partial charge in [0.25, 0.3) is 0 Å². The van der Waals surface area contributed by atoms with Gasteiger partial charge in [0.2, 0.25) is 0 Å². The first-order valence-corrected chi connectivity index (χ1v) is 7.48. The van der Waals surface area contributed by atoms with Gasteiger partial charge in [-0.15, -0.1) is 0 Å². The Balaban J connectivity index is 1.89. The van der Waals surface area contributed by atoms with Gasteiger partial charge in [0.05, 0.1) is 13.7 Å². The van der Waals surface area contributed by atoms with Crippen molar-refractivity contribution in [2.75, 3.05) is 13.7 Å². The van der Waals surface area contributed by atoms with Crippen LogP contribution in [-0.2, 0) is 4.79 Å². The molecule has 120 valence electrons. The Bertz CT molecular complexity index is 642. The van der Waals surface area contributed by atoms with E-state index >= 15 is 0 Å². The molecule has 0 heterocycles. The van der Waals surface area contributed by atoms with E-state index in [1.165, 1.54) is 6.08 Å². The molecule has 0 saturated carbocycles.